The van der Waals surface area contributed by atoms with Crippen LogP contribution in [0.4, 0.5) is 5.69 Å². The third kappa shape index (κ3) is 3.04. The summed E-state index contributed by atoms with van der Waals surface area (Å²) in [4.78, 5) is 22.1. The van der Waals surface area contributed by atoms with Crippen molar-refractivity contribution in [3.8, 4) is 0 Å². The van der Waals surface area contributed by atoms with E-state index in [0.29, 0.717) is 11.3 Å². The number of anilines is 1. The highest BCUT2D eigenvalue weighted by atomic mass is 32.2. The number of benzene rings is 1. The molecule has 2 unspecified atom stereocenters. The largest absolute Gasteiger partial charge is 0.382 e. The van der Waals surface area contributed by atoms with Gasteiger partial charge in [0.15, 0.2) is 0 Å². The average molecular weight is 313 g/mol. The van der Waals surface area contributed by atoms with Crippen LogP contribution in [-0.2, 0) is 19.6 Å². The van der Waals surface area contributed by atoms with Crippen molar-refractivity contribution in [3.05, 3.63) is 23.8 Å². The summed E-state index contributed by atoms with van der Waals surface area (Å²) in [6.45, 7) is 1.16. The Labute approximate surface area is 121 Å². The van der Waals surface area contributed by atoms with Crippen LogP contribution < -0.4 is 15.8 Å². The molecule has 0 aliphatic carbocycles. The number of amides is 2. The Hall–Kier alpha value is -1.97. The first kappa shape index (κ1) is 15.4. The molecule has 2 atom stereocenters. The monoisotopic (exact) mass is 313 g/mol. The SMILES string of the molecule is CC1C(=O)Nc2ccc(S(=O)(=O)NCC(O)C(N)=O)cc21. The average Bonchev–Trinajstić information content (AvgIpc) is 2.71. The van der Waals surface area contributed by atoms with Gasteiger partial charge in [0.1, 0.15) is 6.10 Å². The van der Waals surface area contributed by atoms with Gasteiger partial charge in [-0.2, -0.15) is 0 Å². The number of carbonyl (C=O) groups excluding carboxylic acids is 2. The van der Waals surface area contributed by atoms with Crippen LogP contribution in [0.15, 0.2) is 23.1 Å². The maximum Gasteiger partial charge on any atom is 0.247 e. The maximum absolute atomic E-state index is 12.1. The molecule has 1 aromatic carbocycles. The predicted octanol–water partition coefficient (Wildman–Crippen LogP) is -1.13. The normalized spacial score (nSPS) is 19.0. The second-order valence-corrected chi connectivity index (χ2v) is 6.50. The fourth-order valence-electron chi connectivity index (χ4n) is 1.93. The quantitative estimate of drug-likeness (QED) is 0.544. The van der Waals surface area contributed by atoms with Crippen molar-refractivity contribution in [1.82, 2.24) is 4.72 Å². The van der Waals surface area contributed by atoms with Crippen molar-refractivity contribution < 1.29 is 23.1 Å². The minimum absolute atomic E-state index is 0.0544. The summed E-state index contributed by atoms with van der Waals surface area (Å²) in [5, 5.41) is 11.8. The summed E-state index contributed by atoms with van der Waals surface area (Å²) in [6.07, 6.45) is -1.60. The molecule has 0 fully saturated rings. The molecule has 0 saturated heterocycles. The van der Waals surface area contributed by atoms with Gasteiger partial charge in [-0.15, -0.1) is 0 Å². The standard InChI is InChI=1S/C12H15N3O5S/c1-6-8-4-7(2-3-9(8)15-12(6)18)21(19,20)14-5-10(16)11(13)17/h2-4,6,10,14,16H,5H2,1H3,(H2,13,17)(H,15,18). The van der Waals surface area contributed by atoms with Crippen LogP contribution in [0, 0.1) is 0 Å². The van der Waals surface area contributed by atoms with Crippen LogP contribution in [0.25, 0.3) is 0 Å². The minimum atomic E-state index is -3.91. The third-order valence-electron chi connectivity index (χ3n) is 3.25. The Balaban J connectivity index is 2.22. The van der Waals surface area contributed by atoms with Gasteiger partial charge in [0, 0.05) is 12.2 Å². The highest BCUT2D eigenvalue weighted by molar-refractivity contribution is 7.89. The van der Waals surface area contributed by atoms with E-state index in [1.54, 1.807) is 6.92 Å². The number of rotatable bonds is 5. The molecule has 21 heavy (non-hydrogen) atoms. The number of aliphatic hydroxyl groups excluding tert-OH is 1. The van der Waals surface area contributed by atoms with Crippen molar-refractivity contribution in [2.45, 2.75) is 23.8 Å². The van der Waals surface area contributed by atoms with Crippen LogP contribution in [-0.4, -0.2) is 38.0 Å². The Kier molecular flexibility index (Phi) is 3.99. The summed E-state index contributed by atoms with van der Waals surface area (Å²) < 4.78 is 26.2. The molecule has 114 valence electrons. The topological polar surface area (TPSA) is 139 Å². The zero-order chi connectivity index (χ0) is 15.8. The Morgan fingerprint density at radius 2 is 2.19 bits per heavy atom. The highest BCUT2D eigenvalue weighted by Crippen LogP contribution is 2.33. The third-order valence-corrected chi connectivity index (χ3v) is 4.67. The van der Waals surface area contributed by atoms with Gasteiger partial charge >= 0.3 is 0 Å². The fourth-order valence-corrected chi connectivity index (χ4v) is 3.01. The van der Waals surface area contributed by atoms with Crippen LogP contribution >= 0.6 is 0 Å². The molecule has 1 heterocycles. The van der Waals surface area contributed by atoms with E-state index in [9.17, 15) is 23.1 Å². The maximum atomic E-state index is 12.1. The first-order chi connectivity index (χ1) is 9.72. The summed E-state index contributed by atoms with van der Waals surface area (Å²) in [7, 11) is -3.91. The van der Waals surface area contributed by atoms with E-state index in [1.165, 1.54) is 18.2 Å². The number of nitrogens with two attached hydrogens (primary N) is 1. The Morgan fingerprint density at radius 3 is 2.81 bits per heavy atom. The molecule has 8 nitrogen and oxygen atoms in total. The van der Waals surface area contributed by atoms with Crippen LogP contribution in [0.1, 0.15) is 18.4 Å². The molecule has 0 bridgehead atoms. The van der Waals surface area contributed by atoms with E-state index in [-0.39, 0.29) is 10.8 Å². The predicted molar refractivity (Wildman–Crippen MR) is 73.9 cm³/mol. The van der Waals surface area contributed by atoms with Gasteiger partial charge in [0.05, 0.1) is 10.8 Å². The Bertz CT molecular complexity index is 701. The molecule has 0 radical (unpaired) electrons. The minimum Gasteiger partial charge on any atom is -0.382 e. The van der Waals surface area contributed by atoms with E-state index in [1.807, 2.05) is 0 Å². The van der Waals surface area contributed by atoms with Gasteiger partial charge < -0.3 is 16.2 Å². The molecular formula is C12H15N3O5S. The molecule has 1 aliphatic heterocycles. The molecule has 1 aromatic rings. The summed E-state index contributed by atoms with van der Waals surface area (Å²) in [6, 6.07) is 4.21. The summed E-state index contributed by atoms with van der Waals surface area (Å²) in [5.74, 6) is -1.65. The fraction of sp³-hybridized carbons (Fsp3) is 0.333. The van der Waals surface area contributed by atoms with Gasteiger partial charge in [-0.25, -0.2) is 13.1 Å². The summed E-state index contributed by atoms with van der Waals surface area (Å²) in [5.41, 5.74) is 6.00. The summed E-state index contributed by atoms with van der Waals surface area (Å²) >= 11 is 0. The lowest BCUT2D eigenvalue weighted by molar-refractivity contribution is -0.125. The molecule has 9 heteroatoms. The molecule has 0 spiro atoms. The lowest BCUT2D eigenvalue weighted by Crippen LogP contribution is -2.39. The van der Waals surface area contributed by atoms with Crippen molar-refractivity contribution in [2.75, 3.05) is 11.9 Å². The number of fused-ring (bicyclic) bond motifs is 1. The van der Waals surface area contributed by atoms with E-state index >= 15 is 0 Å². The van der Waals surface area contributed by atoms with Gasteiger partial charge in [-0.1, -0.05) is 0 Å². The number of sulfonamides is 1. The lowest BCUT2D eigenvalue weighted by atomic mass is 10.0. The van der Waals surface area contributed by atoms with Crippen molar-refractivity contribution in [1.29, 1.82) is 0 Å². The van der Waals surface area contributed by atoms with E-state index in [4.69, 9.17) is 5.73 Å². The van der Waals surface area contributed by atoms with Crippen LogP contribution in [0.3, 0.4) is 0 Å². The van der Waals surface area contributed by atoms with Crippen molar-refractivity contribution in [2.24, 2.45) is 5.73 Å². The van der Waals surface area contributed by atoms with E-state index < -0.39 is 34.5 Å². The molecule has 5 N–H and O–H groups in total. The van der Waals surface area contributed by atoms with Gasteiger partial charge in [0.25, 0.3) is 0 Å². The van der Waals surface area contributed by atoms with Gasteiger partial charge in [0.2, 0.25) is 21.8 Å². The molecular weight excluding hydrogens is 298 g/mol. The zero-order valence-electron chi connectivity index (χ0n) is 11.2. The first-order valence-electron chi connectivity index (χ1n) is 6.14. The second kappa shape index (κ2) is 5.43. The molecule has 2 rings (SSSR count). The second-order valence-electron chi connectivity index (χ2n) is 4.73. The number of hydrogen-bond acceptors (Lipinski definition) is 5. The number of carbonyl (C=O) groups is 2. The van der Waals surface area contributed by atoms with Gasteiger partial charge in [-0.3, -0.25) is 9.59 Å². The van der Waals surface area contributed by atoms with Crippen LogP contribution in [0.2, 0.25) is 0 Å². The molecule has 0 aromatic heterocycles. The number of hydrogen-bond donors (Lipinski definition) is 4. The number of primary amides is 1. The van der Waals surface area contributed by atoms with Gasteiger partial charge in [-0.05, 0) is 30.7 Å². The Morgan fingerprint density at radius 1 is 1.52 bits per heavy atom. The highest BCUT2D eigenvalue weighted by Gasteiger charge is 2.28. The molecule has 0 saturated carbocycles. The van der Waals surface area contributed by atoms with Crippen molar-refractivity contribution >= 4 is 27.5 Å². The molecule has 2 amide bonds. The lowest BCUT2D eigenvalue weighted by Gasteiger charge is -2.11. The van der Waals surface area contributed by atoms with E-state index in [2.05, 4.69) is 10.0 Å². The first-order valence-corrected chi connectivity index (χ1v) is 7.62. The van der Waals surface area contributed by atoms with Crippen molar-refractivity contribution in [3.63, 3.8) is 0 Å². The van der Waals surface area contributed by atoms with E-state index in [0.717, 1.165) is 0 Å². The van der Waals surface area contributed by atoms with Crippen LogP contribution in [0.5, 0.6) is 0 Å². The zero-order valence-corrected chi connectivity index (χ0v) is 12.0. The number of nitrogens with one attached hydrogen (secondary N) is 2. The smallest absolute Gasteiger partial charge is 0.247 e. The number of aliphatic hydroxyl groups is 1. The molecule has 1 aliphatic rings.